The van der Waals surface area contributed by atoms with Crippen molar-refractivity contribution in [2.24, 2.45) is 0 Å². The summed E-state index contributed by atoms with van der Waals surface area (Å²) >= 11 is 0. The summed E-state index contributed by atoms with van der Waals surface area (Å²) in [5.74, 6) is 0.914. The quantitative estimate of drug-likeness (QED) is 0.849. The van der Waals surface area contributed by atoms with Crippen molar-refractivity contribution < 1.29 is 4.74 Å². The van der Waals surface area contributed by atoms with E-state index >= 15 is 0 Å². The van der Waals surface area contributed by atoms with E-state index in [4.69, 9.17) is 4.74 Å². The minimum atomic E-state index is 0.0452. The fraction of sp³-hybridized carbons (Fsp3) is 0.294. The molecule has 19 heavy (non-hydrogen) atoms. The molecule has 0 spiro atoms. The first-order chi connectivity index (χ1) is 9.29. The number of benzene rings is 2. The van der Waals surface area contributed by atoms with Gasteiger partial charge in [-0.25, -0.2) is 0 Å². The van der Waals surface area contributed by atoms with Crippen molar-refractivity contribution in [3.63, 3.8) is 0 Å². The molecule has 0 aromatic heterocycles. The van der Waals surface area contributed by atoms with E-state index < -0.39 is 0 Å². The first-order valence-electron chi connectivity index (χ1n) is 6.78. The molecule has 1 atom stereocenters. The lowest BCUT2D eigenvalue weighted by atomic mass is 10.1. The first-order valence-corrected chi connectivity index (χ1v) is 6.78. The molecule has 2 heteroatoms. The Morgan fingerprint density at radius 2 is 1.68 bits per heavy atom. The van der Waals surface area contributed by atoms with Crippen LogP contribution in [0, 0.1) is 6.92 Å². The molecule has 0 radical (unpaired) electrons. The van der Waals surface area contributed by atoms with Gasteiger partial charge in [-0.05, 0) is 31.2 Å². The van der Waals surface area contributed by atoms with Crippen LogP contribution in [0.15, 0.2) is 54.6 Å². The molecular weight excluding hydrogens is 234 g/mol. The number of ether oxygens (including phenoxy) is 1. The van der Waals surface area contributed by atoms with Crippen LogP contribution < -0.4 is 10.1 Å². The summed E-state index contributed by atoms with van der Waals surface area (Å²) in [6, 6.07) is 18.5. The number of hydrogen-bond acceptors (Lipinski definition) is 2. The Balaban J connectivity index is 2.11. The lowest BCUT2D eigenvalue weighted by molar-refractivity contribution is 0.202. The molecule has 2 aromatic carbocycles. The molecular formula is C17H21NO. The van der Waals surface area contributed by atoms with Gasteiger partial charge in [-0.3, -0.25) is 0 Å². The molecule has 100 valence electrons. The maximum absolute atomic E-state index is 6.10. The van der Waals surface area contributed by atoms with E-state index in [1.165, 1.54) is 11.1 Å². The molecule has 0 fully saturated rings. The van der Waals surface area contributed by atoms with E-state index in [9.17, 15) is 0 Å². The molecule has 0 amide bonds. The minimum absolute atomic E-state index is 0.0452. The molecule has 2 rings (SSSR count). The number of likely N-dealkylation sites (N-methyl/N-ethyl adjacent to an activating group) is 1. The second-order valence-electron chi connectivity index (χ2n) is 4.64. The largest absolute Gasteiger partial charge is 0.484 e. The fourth-order valence-corrected chi connectivity index (χ4v) is 1.95. The fourth-order valence-electron chi connectivity index (χ4n) is 1.95. The van der Waals surface area contributed by atoms with Crippen LogP contribution in [0.1, 0.15) is 24.2 Å². The van der Waals surface area contributed by atoms with Crippen LogP contribution >= 0.6 is 0 Å². The van der Waals surface area contributed by atoms with Gasteiger partial charge in [0, 0.05) is 6.54 Å². The minimum Gasteiger partial charge on any atom is -0.484 e. The van der Waals surface area contributed by atoms with Crippen molar-refractivity contribution in [1.29, 1.82) is 0 Å². The summed E-state index contributed by atoms with van der Waals surface area (Å²) in [6.07, 6.45) is 0.0452. The topological polar surface area (TPSA) is 21.3 Å². The Morgan fingerprint density at radius 1 is 1.00 bits per heavy atom. The van der Waals surface area contributed by atoms with Crippen molar-refractivity contribution in [3.05, 3.63) is 65.7 Å². The summed E-state index contributed by atoms with van der Waals surface area (Å²) in [6.45, 7) is 5.94. The van der Waals surface area contributed by atoms with Gasteiger partial charge in [0.1, 0.15) is 11.9 Å². The van der Waals surface area contributed by atoms with Crippen LogP contribution in [0.5, 0.6) is 5.75 Å². The van der Waals surface area contributed by atoms with Crippen LogP contribution in [0.4, 0.5) is 0 Å². The first kappa shape index (κ1) is 13.6. The number of rotatable bonds is 6. The highest BCUT2D eigenvalue weighted by molar-refractivity contribution is 5.28. The molecule has 0 saturated heterocycles. The number of nitrogens with one attached hydrogen (secondary N) is 1. The maximum atomic E-state index is 6.10. The number of aryl methyl sites for hydroxylation is 1. The maximum Gasteiger partial charge on any atom is 0.136 e. The Hall–Kier alpha value is -1.80. The van der Waals surface area contributed by atoms with Crippen LogP contribution in [0.2, 0.25) is 0 Å². The van der Waals surface area contributed by atoms with Crippen molar-refractivity contribution in [2.75, 3.05) is 13.1 Å². The molecule has 2 aromatic rings. The van der Waals surface area contributed by atoms with Gasteiger partial charge in [0.05, 0.1) is 0 Å². The summed E-state index contributed by atoms with van der Waals surface area (Å²) in [5.41, 5.74) is 2.44. The van der Waals surface area contributed by atoms with E-state index in [1.807, 2.05) is 30.3 Å². The Labute approximate surface area is 115 Å². The zero-order chi connectivity index (χ0) is 13.5. The average molecular weight is 255 g/mol. The summed E-state index contributed by atoms with van der Waals surface area (Å²) < 4.78 is 6.10. The van der Waals surface area contributed by atoms with Gasteiger partial charge in [0.2, 0.25) is 0 Å². The van der Waals surface area contributed by atoms with E-state index in [2.05, 4.69) is 43.4 Å². The van der Waals surface area contributed by atoms with Gasteiger partial charge in [-0.2, -0.15) is 0 Å². The lowest BCUT2D eigenvalue weighted by Gasteiger charge is -2.20. The standard InChI is InChI=1S/C17H21NO/c1-3-18-13-17(15-7-5-4-6-8-15)19-16-11-9-14(2)10-12-16/h4-12,17-18H,3,13H2,1-2H3. The van der Waals surface area contributed by atoms with Crippen LogP contribution in [0.3, 0.4) is 0 Å². The molecule has 0 saturated carbocycles. The van der Waals surface area contributed by atoms with E-state index in [-0.39, 0.29) is 6.10 Å². The third-order valence-electron chi connectivity index (χ3n) is 3.05. The highest BCUT2D eigenvalue weighted by atomic mass is 16.5. The SMILES string of the molecule is CCNCC(Oc1ccc(C)cc1)c1ccccc1. The average Bonchev–Trinajstić information content (AvgIpc) is 2.46. The summed E-state index contributed by atoms with van der Waals surface area (Å²) in [4.78, 5) is 0. The zero-order valence-electron chi connectivity index (χ0n) is 11.6. The Morgan fingerprint density at radius 3 is 2.32 bits per heavy atom. The van der Waals surface area contributed by atoms with Gasteiger partial charge in [0.25, 0.3) is 0 Å². The second-order valence-corrected chi connectivity index (χ2v) is 4.64. The highest BCUT2D eigenvalue weighted by Crippen LogP contribution is 2.21. The van der Waals surface area contributed by atoms with Gasteiger partial charge in [0.15, 0.2) is 0 Å². The Bertz CT molecular complexity index is 478. The highest BCUT2D eigenvalue weighted by Gasteiger charge is 2.12. The summed E-state index contributed by atoms with van der Waals surface area (Å²) in [5, 5.41) is 3.35. The van der Waals surface area contributed by atoms with Crippen molar-refractivity contribution in [3.8, 4) is 5.75 Å². The van der Waals surface area contributed by atoms with E-state index in [0.717, 1.165) is 18.8 Å². The zero-order valence-corrected chi connectivity index (χ0v) is 11.6. The second kappa shape index (κ2) is 6.95. The predicted molar refractivity (Wildman–Crippen MR) is 79.5 cm³/mol. The Kier molecular flexibility index (Phi) is 4.99. The molecule has 1 unspecified atom stereocenters. The van der Waals surface area contributed by atoms with Crippen molar-refractivity contribution in [2.45, 2.75) is 20.0 Å². The molecule has 0 aliphatic heterocycles. The smallest absolute Gasteiger partial charge is 0.136 e. The van der Waals surface area contributed by atoms with Gasteiger partial charge in [-0.1, -0.05) is 55.0 Å². The van der Waals surface area contributed by atoms with E-state index in [1.54, 1.807) is 0 Å². The molecule has 2 nitrogen and oxygen atoms in total. The van der Waals surface area contributed by atoms with Gasteiger partial charge in [-0.15, -0.1) is 0 Å². The predicted octanol–water partition coefficient (Wildman–Crippen LogP) is 3.72. The number of hydrogen-bond donors (Lipinski definition) is 1. The van der Waals surface area contributed by atoms with Crippen molar-refractivity contribution >= 4 is 0 Å². The van der Waals surface area contributed by atoms with Crippen LogP contribution in [-0.4, -0.2) is 13.1 Å². The molecule has 0 heterocycles. The van der Waals surface area contributed by atoms with E-state index in [0.29, 0.717) is 0 Å². The third-order valence-corrected chi connectivity index (χ3v) is 3.05. The van der Waals surface area contributed by atoms with Gasteiger partial charge >= 0.3 is 0 Å². The molecule has 1 N–H and O–H groups in total. The molecule has 0 bridgehead atoms. The van der Waals surface area contributed by atoms with Crippen LogP contribution in [0.25, 0.3) is 0 Å². The lowest BCUT2D eigenvalue weighted by Crippen LogP contribution is -2.24. The van der Waals surface area contributed by atoms with Gasteiger partial charge < -0.3 is 10.1 Å². The van der Waals surface area contributed by atoms with Crippen LogP contribution in [-0.2, 0) is 0 Å². The monoisotopic (exact) mass is 255 g/mol. The normalized spacial score (nSPS) is 12.1. The summed E-state index contributed by atoms with van der Waals surface area (Å²) in [7, 11) is 0. The third kappa shape index (κ3) is 4.11. The molecule has 0 aliphatic rings. The molecule has 0 aliphatic carbocycles. The van der Waals surface area contributed by atoms with Crippen molar-refractivity contribution in [1.82, 2.24) is 5.32 Å².